The molecule has 3 rings (SSSR count). The van der Waals surface area contributed by atoms with E-state index in [1.807, 2.05) is 20.8 Å². The van der Waals surface area contributed by atoms with Crippen LogP contribution in [-0.4, -0.2) is 25.5 Å². The van der Waals surface area contributed by atoms with Gasteiger partial charge in [0.2, 0.25) is 0 Å². The molecule has 0 spiro atoms. The predicted octanol–water partition coefficient (Wildman–Crippen LogP) is 5.68. The summed E-state index contributed by atoms with van der Waals surface area (Å²) < 4.78 is 40.0. The summed E-state index contributed by atoms with van der Waals surface area (Å²) in [5.41, 5.74) is 0.182. The minimum Gasteiger partial charge on any atom is -0.493 e. The van der Waals surface area contributed by atoms with Gasteiger partial charge in [0.1, 0.15) is 22.1 Å². The van der Waals surface area contributed by atoms with Crippen LogP contribution in [0.15, 0.2) is 53.8 Å². The van der Waals surface area contributed by atoms with Crippen LogP contribution in [0.5, 0.6) is 17.2 Å². The van der Waals surface area contributed by atoms with Gasteiger partial charge >= 0.3 is 0 Å². The van der Waals surface area contributed by atoms with Gasteiger partial charge in [-0.3, -0.25) is 4.72 Å². The first-order valence-electron chi connectivity index (χ1n) is 9.17. The number of hydrogen-bond donors (Lipinski definition) is 1. The van der Waals surface area contributed by atoms with Crippen LogP contribution in [0.2, 0.25) is 10.0 Å². The fraction of sp³-hybridized carbons (Fsp3) is 0.238. The number of sulfonamides is 1. The zero-order valence-corrected chi connectivity index (χ0v) is 19.6. The molecule has 0 atom stereocenters. The first-order valence-corrected chi connectivity index (χ1v) is 11.4. The number of para-hydroxylation sites is 2. The van der Waals surface area contributed by atoms with Gasteiger partial charge < -0.3 is 9.47 Å². The highest BCUT2D eigenvalue weighted by Gasteiger charge is 2.31. The lowest BCUT2D eigenvalue weighted by molar-refractivity contribution is 0.374. The van der Waals surface area contributed by atoms with Crippen LogP contribution in [-0.2, 0) is 15.4 Å². The van der Waals surface area contributed by atoms with Gasteiger partial charge in [-0.2, -0.15) is 0 Å². The lowest BCUT2D eigenvalue weighted by Crippen LogP contribution is -2.18. The Balaban J connectivity index is 2.19. The molecular formula is C21H21Cl2N3O4S. The SMILES string of the molecule is COc1ccccc1Oc1c(C(C)(C)C)cc(Cl)c(S(=O)(=O)Nc2ccncn2)c1Cl. The Bertz CT molecular complexity index is 1200. The van der Waals surface area contributed by atoms with Gasteiger partial charge in [0.25, 0.3) is 10.0 Å². The summed E-state index contributed by atoms with van der Waals surface area (Å²) in [6.45, 7) is 5.83. The third-order valence-electron chi connectivity index (χ3n) is 4.31. The number of methoxy groups -OCH3 is 1. The van der Waals surface area contributed by atoms with Crippen LogP contribution in [0.3, 0.4) is 0 Å². The van der Waals surface area contributed by atoms with Gasteiger partial charge in [0.05, 0.1) is 12.1 Å². The van der Waals surface area contributed by atoms with E-state index in [1.54, 1.807) is 30.3 Å². The van der Waals surface area contributed by atoms with Crippen molar-refractivity contribution in [2.45, 2.75) is 31.1 Å². The van der Waals surface area contributed by atoms with Crippen LogP contribution in [0.4, 0.5) is 5.82 Å². The molecule has 0 aliphatic rings. The minimum atomic E-state index is -4.18. The molecule has 10 heteroatoms. The average molecular weight is 482 g/mol. The molecule has 0 fully saturated rings. The number of ether oxygens (including phenoxy) is 2. The molecule has 0 radical (unpaired) electrons. The quantitative estimate of drug-likeness (QED) is 0.486. The minimum absolute atomic E-state index is 0.0381. The summed E-state index contributed by atoms with van der Waals surface area (Å²) in [5.74, 6) is 1.10. The maximum Gasteiger partial charge on any atom is 0.266 e. The zero-order chi connectivity index (χ0) is 22.8. The van der Waals surface area contributed by atoms with Crippen molar-refractivity contribution in [3.8, 4) is 17.2 Å². The Hall–Kier alpha value is -2.55. The van der Waals surface area contributed by atoms with Crippen LogP contribution in [0.25, 0.3) is 0 Å². The predicted molar refractivity (Wildman–Crippen MR) is 121 cm³/mol. The topological polar surface area (TPSA) is 90.4 Å². The third kappa shape index (κ3) is 5.03. The number of anilines is 1. The molecule has 7 nitrogen and oxygen atoms in total. The second-order valence-corrected chi connectivity index (χ2v) is 9.99. The van der Waals surface area contributed by atoms with Crippen LogP contribution in [0.1, 0.15) is 26.3 Å². The van der Waals surface area contributed by atoms with Crippen molar-refractivity contribution in [2.75, 3.05) is 11.8 Å². The highest BCUT2D eigenvalue weighted by atomic mass is 35.5. The van der Waals surface area contributed by atoms with Gasteiger partial charge in [-0.15, -0.1) is 0 Å². The van der Waals surface area contributed by atoms with E-state index in [-0.39, 0.29) is 26.5 Å². The molecule has 0 aliphatic heterocycles. The van der Waals surface area contributed by atoms with Crippen molar-refractivity contribution in [1.29, 1.82) is 0 Å². The molecule has 1 heterocycles. The van der Waals surface area contributed by atoms with Gasteiger partial charge in [-0.25, -0.2) is 18.4 Å². The lowest BCUT2D eigenvalue weighted by Gasteiger charge is -2.26. The average Bonchev–Trinajstić information content (AvgIpc) is 2.69. The van der Waals surface area contributed by atoms with Crippen molar-refractivity contribution >= 4 is 39.0 Å². The summed E-state index contributed by atoms with van der Waals surface area (Å²) >= 11 is 13.0. The van der Waals surface area contributed by atoms with Crippen LogP contribution < -0.4 is 14.2 Å². The van der Waals surface area contributed by atoms with Gasteiger partial charge in [-0.1, -0.05) is 56.1 Å². The van der Waals surface area contributed by atoms with E-state index in [2.05, 4.69) is 14.7 Å². The standard InChI is InChI=1S/C21H21Cl2N3O4S/c1-21(2,3)13-11-14(22)20(31(27,28)26-17-9-10-24-12-25-17)18(23)19(13)30-16-8-6-5-7-15(16)29-4/h5-12H,1-4H3,(H,24,25,26). The highest BCUT2D eigenvalue weighted by Crippen LogP contribution is 2.47. The molecule has 0 aliphatic carbocycles. The number of nitrogens with one attached hydrogen (secondary N) is 1. The molecule has 0 amide bonds. The third-order valence-corrected chi connectivity index (χ3v) is 6.63. The normalized spacial score (nSPS) is 11.8. The van der Waals surface area contributed by atoms with E-state index >= 15 is 0 Å². The number of nitrogens with zero attached hydrogens (tertiary/aromatic N) is 2. The zero-order valence-electron chi connectivity index (χ0n) is 17.3. The molecule has 2 aromatic carbocycles. The second kappa shape index (κ2) is 8.90. The van der Waals surface area contributed by atoms with E-state index in [4.69, 9.17) is 32.7 Å². The smallest absolute Gasteiger partial charge is 0.266 e. The second-order valence-electron chi connectivity index (χ2n) is 7.58. The van der Waals surface area contributed by atoms with Crippen molar-refractivity contribution in [2.24, 2.45) is 0 Å². The number of aromatic nitrogens is 2. The Labute approximate surface area is 191 Å². The Morgan fingerprint density at radius 1 is 1.06 bits per heavy atom. The summed E-state index contributed by atoms with van der Waals surface area (Å²) in [5, 5.41) is -0.186. The van der Waals surface area contributed by atoms with Crippen LogP contribution in [0, 0.1) is 0 Å². The van der Waals surface area contributed by atoms with E-state index in [9.17, 15) is 8.42 Å². The summed E-state index contributed by atoms with van der Waals surface area (Å²) in [7, 11) is -2.67. The monoisotopic (exact) mass is 481 g/mol. The molecule has 0 saturated heterocycles. The van der Waals surface area contributed by atoms with E-state index in [1.165, 1.54) is 25.7 Å². The van der Waals surface area contributed by atoms with E-state index < -0.39 is 15.4 Å². The maximum absolute atomic E-state index is 13.1. The molecule has 1 aromatic heterocycles. The first kappa shape index (κ1) is 23.1. The maximum atomic E-state index is 13.1. The number of benzene rings is 2. The van der Waals surface area contributed by atoms with Gasteiger partial charge in [0.15, 0.2) is 17.2 Å². The molecule has 0 unspecified atom stereocenters. The number of rotatable bonds is 6. The number of halogens is 2. The first-order chi connectivity index (χ1) is 14.5. The van der Waals surface area contributed by atoms with Crippen molar-refractivity contribution < 1.29 is 17.9 Å². The van der Waals surface area contributed by atoms with Gasteiger partial charge in [0, 0.05) is 11.8 Å². The largest absolute Gasteiger partial charge is 0.493 e. The Kier molecular flexibility index (Phi) is 6.64. The van der Waals surface area contributed by atoms with E-state index in [0.717, 1.165) is 0 Å². The molecule has 0 saturated carbocycles. The lowest BCUT2D eigenvalue weighted by atomic mass is 9.86. The molecule has 3 aromatic rings. The fourth-order valence-corrected chi connectivity index (χ4v) is 5.09. The Morgan fingerprint density at radius 3 is 2.32 bits per heavy atom. The number of hydrogen-bond acceptors (Lipinski definition) is 6. The van der Waals surface area contributed by atoms with Crippen molar-refractivity contribution in [1.82, 2.24) is 9.97 Å². The van der Waals surface area contributed by atoms with Crippen molar-refractivity contribution in [3.05, 3.63) is 64.5 Å². The highest BCUT2D eigenvalue weighted by molar-refractivity contribution is 7.93. The van der Waals surface area contributed by atoms with Gasteiger partial charge in [-0.05, 0) is 29.7 Å². The Morgan fingerprint density at radius 2 is 1.74 bits per heavy atom. The summed E-state index contributed by atoms with van der Waals surface area (Å²) in [6.07, 6.45) is 2.63. The van der Waals surface area contributed by atoms with E-state index in [0.29, 0.717) is 17.1 Å². The van der Waals surface area contributed by atoms with Crippen LogP contribution >= 0.6 is 23.2 Å². The molecular weight excluding hydrogens is 461 g/mol. The summed E-state index contributed by atoms with van der Waals surface area (Å²) in [4.78, 5) is 7.34. The fourth-order valence-electron chi connectivity index (χ4n) is 2.84. The molecule has 31 heavy (non-hydrogen) atoms. The van der Waals surface area contributed by atoms with Crippen molar-refractivity contribution in [3.63, 3.8) is 0 Å². The summed E-state index contributed by atoms with van der Waals surface area (Å²) in [6, 6.07) is 9.95. The molecule has 0 bridgehead atoms. The molecule has 1 N–H and O–H groups in total. The molecule has 164 valence electrons.